The Labute approximate surface area is 158 Å². The maximum atomic E-state index is 13.0. The fourth-order valence-corrected chi connectivity index (χ4v) is 4.29. The smallest absolute Gasteiger partial charge is 0.259 e. The Morgan fingerprint density at radius 1 is 1.07 bits per heavy atom. The van der Waals surface area contributed by atoms with E-state index >= 15 is 0 Å². The van der Waals surface area contributed by atoms with Crippen LogP contribution < -0.4 is 19.1 Å². The summed E-state index contributed by atoms with van der Waals surface area (Å²) in [5.74, 6) is 0.485. The molecule has 7 nitrogen and oxygen atoms in total. The van der Waals surface area contributed by atoms with Gasteiger partial charge in [0.1, 0.15) is 17.1 Å². The van der Waals surface area contributed by atoms with Crippen molar-refractivity contribution in [2.75, 3.05) is 31.3 Å². The molecule has 0 bridgehead atoms. The van der Waals surface area contributed by atoms with E-state index in [1.54, 1.807) is 30.3 Å². The number of anilines is 1. The monoisotopic (exact) mass is 390 g/mol. The van der Waals surface area contributed by atoms with Crippen molar-refractivity contribution in [2.45, 2.75) is 12.5 Å². The minimum Gasteiger partial charge on any atom is -0.496 e. The Balaban J connectivity index is 1.94. The average molecular weight is 390 g/mol. The second-order valence-electron chi connectivity index (χ2n) is 6.25. The van der Waals surface area contributed by atoms with Gasteiger partial charge in [-0.3, -0.25) is 9.10 Å². The quantitative estimate of drug-likeness (QED) is 0.847. The van der Waals surface area contributed by atoms with Gasteiger partial charge in [0.05, 0.1) is 32.2 Å². The van der Waals surface area contributed by atoms with Crippen molar-refractivity contribution in [3.05, 3.63) is 53.6 Å². The zero-order chi connectivity index (χ0) is 19.6. The number of nitrogens with one attached hydrogen (secondary N) is 1. The van der Waals surface area contributed by atoms with Gasteiger partial charge in [-0.25, -0.2) is 8.42 Å². The van der Waals surface area contributed by atoms with Gasteiger partial charge in [-0.05, 0) is 30.2 Å². The molecule has 1 aliphatic rings. The number of nitrogens with zero attached hydrogens (tertiary/aromatic N) is 1. The summed E-state index contributed by atoms with van der Waals surface area (Å²) in [4.78, 5) is 13.0. The normalized spacial score (nSPS) is 16.4. The van der Waals surface area contributed by atoms with E-state index in [0.717, 1.165) is 5.56 Å². The zero-order valence-electron chi connectivity index (χ0n) is 15.4. The predicted molar refractivity (Wildman–Crippen MR) is 103 cm³/mol. The summed E-state index contributed by atoms with van der Waals surface area (Å²) >= 11 is 0. The third-order valence-electron chi connectivity index (χ3n) is 4.56. The number of carbonyl (C=O) groups is 1. The van der Waals surface area contributed by atoms with Gasteiger partial charge in [-0.2, -0.15) is 0 Å². The van der Waals surface area contributed by atoms with Crippen LogP contribution in [0.5, 0.6) is 11.5 Å². The van der Waals surface area contributed by atoms with E-state index in [0.29, 0.717) is 35.7 Å². The first-order valence-corrected chi connectivity index (χ1v) is 10.3. The van der Waals surface area contributed by atoms with E-state index in [1.165, 1.54) is 24.8 Å². The molecule has 8 heteroatoms. The number of ether oxygens (including phenoxy) is 2. The molecule has 3 rings (SSSR count). The van der Waals surface area contributed by atoms with Crippen molar-refractivity contribution in [1.29, 1.82) is 0 Å². The van der Waals surface area contributed by atoms with E-state index in [9.17, 15) is 13.2 Å². The van der Waals surface area contributed by atoms with Crippen LogP contribution in [0.15, 0.2) is 42.5 Å². The Hall–Kier alpha value is -2.74. The van der Waals surface area contributed by atoms with Gasteiger partial charge in [-0.1, -0.05) is 24.3 Å². The molecule has 0 aromatic heterocycles. The highest BCUT2D eigenvalue weighted by Gasteiger charge is 2.31. The van der Waals surface area contributed by atoms with Gasteiger partial charge in [0.25, 0.3) is 5.91 Å². The van der Waals surface area contributed by atoms with Gasteiger partial charge in [0.2, 0.25) is 10.0 Å². The summed E-state index contributed by atoms with van der Waals surface area (Å²) in [7, 11) is -0.401. The number of hydrogen-bond acceptors (Lipinski definition) is 5. The van der Waals surface area contributed by atoms with Gasteiger partial charge < -0.3 is 14.8 Å². The number of para-hydroxylation sites is 1. The van der Waals surface area contributed by atoms with Crippen molar-refractivity contribution in [3.8, 4) is 11.5 Å². The summed E-state index contributed by atoms with van der Waals surface area (Å²) in [6.45, 7) is 0.295. The maximum absolute atomic E-state index is 13.0. The molecule has 0 aliphatic carbocycles. The summed E-state index contributed by atoms with van der Waals surface area (Å²) in [6, 6.07) is 12.0. The van der Waals surface area contributed by atoms with Crippen LogP contribution >= 0.6 is 0 Å². The standard InChI is InChI=1S/C19H22N2O5S/c1-25-16-9-6-10-17(26-2)18(16)19(22)20-14-11-12-21(27(3,23)24)15-8-5-4-7-13(14)15/h4-10,14H,11-12H2,1-3H3,(H,20,22). The van der Waals surface area contributed by atoms with E-state index in [1.807, 2.05) is 12.1 Å². The third-order valence-corrected chi connectivity index (χ3v) is 5.74. The Morgan fingerprint density at radius 3 is 2.30 bits per heavy atom. The molecule has 27 heavy (non-hydrogen) atoms. The Bertz CT molecular complexity index is 936. The molecule has 0 saturated carbocycles. The van der Waals surface area contributed by atoms with Crippen LogP contribution in [0.1, 0.15) is 28.4 Å². The highest BCUT2D eigenvalue weighted by Crippen LogP contribution is 2.36. The van der Waals surface area contributed by atoms with Gasteiger partial charge in [-0.15, -0.1) is 0 Å². The lowest BCUT2D eigenvalue weighted by Crippen LogP contribution is -2.40. The maximum Gasteiger partial charge on any atom is 0.259 e. The predicted octanol–water partition coefficient (Wildman–Crippen LogP) is 2.34. The Morgan fingerprint density at radius 2 is 1.70 bits per heavy atom. The fraction of sp³-hybridized carbons (Fsp3) is 0.316. The molecule has 0 fully saturated rings. The zero-order valence-corrected chi connectivity index (χ0v) is 16.2. The number of rotatable bonds is 5. The van der Waals surface area contributed by atoms with Crippen LogP contribution in [0.3, 0.4) is 0 Å². The SMILES string of the molecule is COc1cccc(OC)c1C(=O)NC1CCN(S(C)(=O)=O)c2ccccc21. The first-order chi connectivity index (χ1) is 12.9. The van der Waals surface area contributed by atoms with Crippen LogP contribution in [0.4, 0.5) is 5.69 Å². The topological polar surface area (TPSA) is 84.9 Å². The Kier molecular flexibility index (Phi) is 5.27. The van der Waals surface area contributed by atoms with Crippen LogP contribution in [0.25, 0.3) is 0 Å². The lowest BCUT2D eigenvalue weighted by Gasteiger charge is -2.34. The van der Waals surface area contributed by atoms with Crippen LogP contribution in [0, 0.1) is 0 Å². The lowest BCUT2D eigenvalue weighted by atomic mass is 9.97. The number of sulfonamides is 1. The molecular formula is C19H22N2O5S. The lowest BCUT2D eigenvalue weighted by molar-refractivity contribution is 0.0928. The average Bonchev–Trinajstić information content (AvgIpc) is 2.66. The van der Waals surface area contributed by atoms with Crippen LogP contribution in [-0.4, -0.2) is 41.3 Å². The molecule has 2 aromatic carbocycles. The molecule has 1 heterocycles. The molecular weight excluding hydrogens is 368 g/mol. The van der Waals surface area contributed by atoms with Crippen molar-refractivity contribution in [2.24, 2.45) is 0 Å². The summed E-state index contributed by atoms with van der Waals surface area (Å²) < 4.78 is 36.1. The highest BCUT2D eigenvalue weighted by atomic mass is 32.2. The van der Waals surface area contributed by atoms with Crippen molar-refractivity contribution < 1.29 is 22.7 Å². The van der Waals surface area contributed by atoms with Gasteiger partial charge in [0.15, 0.2) is 0 Å². The first kappa shape index (κ1) is 19.0. The van der Waals surface area contributed by atoms with Crippen molar-refractivity contribution in [3.63, 3.8) is 0 Å². The van der Waals surface area contributed by atoms with E-state index in [2.05, 4.69) is 5.32 Å². The second kappa shape index (κ2) is 7.48. The number of carbonyl (C=O) groups excluding carboxylic acids is 1. The number of methoxy groups -OCH3 is 2. The van der Waals surface area contributed by atoms with Crippen molar-refractivity contribution >= 4 is 21.6 Å². The summed E-state index contributed by atoms with van der Waals surface area (Å²) in [5, 5.41) is 2.99. The largest absolute Gasteiger partial charge is 0.496 e. The number of amides is 1. The summed E-state index contributed by atoms with van der Waals surface area (Å²) in [6.07, 6.45) is 1.65. The number of fused-ring (bicyclic) bond motifs is 1. The molecule has 0 spiro atoms. The molecule has 0 saturated heterocycles. The molecule has 1 N–H and O–H groups in total. The van der Waals surface area contributed by atoms with Crippen molar-refractivity contribution in [1.82, 2.24) is 5.32 Å². The molecule has 2 aromatic rings. The molecule has 144 valence electrons. The van der Waals surface area contributed by atoms with Crippen LogP contribution in [0.2, 0.25) is 0 Å². The van der Waals surface area contributed by atoms with E-state index in [4.69, 9.17) is 9.47 Å². The van der Waals surface area contributed by atoms with E-state index < -0.39 is 10.0 Å². The molecule has 1 atom stereocenters. The summed E-state index contributed by atoms with van der Waals surface area (Å²) in [5.41, 5.74) is 1.66. The fourth-order valence-electron chi connectivity index (χ4n) is 3.33. The highest BCUT2D eigenvalue weighted by molar-refractivity contribution is 7.92. The molecule has 1 amide bonds. The van der Waals surface area contributed by atoms with Gasteiger partial charge >= 0.3 is 0 Å². The second-order valence-corrected chi connectivity index (χ2v) is 8.15. The first-order valence-electron chi connectivity index (χ1n) is 8.45. The third kappa shape index (κ3) is 3.71. The minimum atomic E-state index is -3.38. The molecule has 1 unspecified atom stereocenters. The van der Waals surface area contributed by atoms with Crippen LogP contribution in [-0.2, 0) is 10.0 Å². The molecule has 0 radical (unpaired) electrons. The number of benzene rings is 2. The number of hydrogen-bond donors (Lipinski definition) is 1. The minimum absolute atomic E-state index is 0.295. The molecule has 1 aliphatic heterocycles. The van der Waals surface area contributed by atoms with Gasteiger partial charge in [0, 0.05) is 6.54 Å². The van der Waals surface area contributed by atoms with E-state index in [-0.39, 0.29) is 11.9 Å².